The van der Waals surface area contributed by atoms with Crippen LogP contribution in [0.5, 0.6) is 0 Å². The third kappa shape index (κ3) is 3.74. The van der Waals surface area contributed by atoms with Gasteiger partial charge in [-0.1, -0.05) is 18.5 Å². The first kappa shape index (κ1) is 16.2. The van der Waals surface area contributed by atoms with Crippen LogP contribution in [0.3, 0.4) is 0 Å². The van der Waals surface area contributed by atoms with Gasteiger partial charge in [-0.25, -0.2) is 0 Å². The topological polar surface area (TPSA) is 32.5 Å². The molecule has 1 aliphatic rings. The second kappa shape index (κ2) is 7.23. The Morgan fingerprint density at radius 2 is 1.80 bits per heavy atom. The Morgan fingerprint density at radius 1 is 1.20 bits per heavy atom. The van der Waals surface area contributed by atoms with E-state index in [4.69, 9.17) is 17.3 Å². The van der Waals surface area contributed by atoms with Crippen molar-refractivity contribution in [2.24, 2.45) is 5.73 Å². The van der Waals surface area contributed by atoms with Crippen molar-refractivity contribution in [1.82, 2.24) is 9.80 Å². The molecule has 0 amide bonds. The van der Waals surface area contributed by atoms with Gasteiger partial charge >= 0.3 is 0 Å². The smallest absolute Gasteiger partial charge is 0.0931 e. The second-order valence-electron chi connectivity index (χ2n) is 5.78. The Kier molecular flexibility index (Phi) is 5.87. The van der Waals surface area contributed by atoms with Gasteiger partial charge in [-0.3, -0.25) is 9.80 Å². The summed E-state index contributed by atoms with van der Waals surface area (Å²) in [4.78, 5) is 6.39. The maximum atomic E-state index is 6.24. The Morgan fingerprint density at radius 3 is 2.25 bits per heavy atom. The average molecular weight is 316 g/mol. The highest BCUT2D eigenvalue weighted by Crippen LogP contribution is 2.32. The normalized spacial score (nSPS) is 22.6. The van der Waals surface area contributed by atoms with E-state index in [1.165, 1.54) is 11.3 Å². The molecule has 20 heavy (non-hydrogen) atoms. The zero-order valence-corrected chi connectivity index (χ0v) is 14.3. The highest BCUT2D eigenvalue weighted by Gasteiger charge is 2.29. The Bertz CT molecular complexity index is 413. The highest BCUT2D eigenvalue weighted by molar-refractivity contribution is 7.16. The largest absolute Gasteiger partial charge is 0.326 e. The predicted octanol–water partition coefficient (Wildman–Crippen LogP) is 3.21. The third-order valence-corrected chi connectivity index (χ3v) is 5.64. The molecule has 114 valence electrons. The van der Waals surface area contributed by atoms with Gasteiger partial charge in [0.1, 0.15) is 0 Å². The number of nitrogens with two attached hydrogens (primary N) is 1. The predicted molar refractivity (Wildman–Crippen MR) is 88.6 cm³/mol. The fraction of sp³-hybridized carbons (Fsp3) is 0.733. The molecular formula is C15H26ClN3S. The van der Waals surface area contributed by atoms with E-state index in [0.29, 0.717) is 12.1 Å². The van der Waals surface area contributed by atoms with Crippen LogP contribution in [0.1, 0.15) is 38.1 Å². The van der Waals surface area contributed by atoms with Crippen molar-refractivity contribution in [3.8, 4) is 0 Å². The number of piperazine rings is 1. The van der Waals surface area contributed by atoms with E-state index in [0.717, 1.165) is 30.5 Å². The first-order chi connectivity index (χ1) is 9.52. The molecule has 2 N–H and O–H groups in total. The molecule has 0 bridgehead atoms. The van der Waals surface area contributed by atoms with Crippen LogP contribution < -0.4 is 5.73 Å². The van der Waals surface area contributed by atoms with Crippen LogP contribution in [-0.2, 0) is 0 Å². The summed E-state index contributed by atoms with van der Waals surface area (Å²) in [6, 6.07) is 5.21. The van der Waals surface area contributed by atoms with E-state index >= 15 is 0 Å². The zero-order chi connectivity index (χ0) is 14.7. The number of hydrogen-bond donors (Lipinski definition) is 1. The maximum Gasteiger partial charge on any atom is 0.0931 e. The van der Waals surface area contributed by atoms with Gasteiger partial charge < -0.3 is 5.73 Å². The number of halogens is 1. The van der Waals surface area contributed by atoms with Gasteiger partial charge in [-0.05, 0) is 32.4 Å². The minimum absolute atomic E-state index is 0.125. The summed E-state index contributed by atoms with van der Waals surface area (Å²) >= 11 is 7.74. The zero-order valence-electron chi connectivity index (χ0n) is 12.7. The molecule has 0 spiro atoms. The molecule has 0 aromatic carbocycles. The van der Waals surface area contributed by atoms with E-state index < -0.39 is 0 Å². The first-order valence-corrected chi connectivity index (χ1v) is 8.71. The lowest BCUT2D eigenvalue weighted by Gasteiger charge is -2.42. The summed E-state index contributed by atoms with van der Waals surface area (Å²) in [5, 5.41) is 0. The van der Waals surface area contributed by atoms with Gasteiger partial charge in [0.25, 0.3) is 0 Å². The summed E-state index contributed by atoms with van der Waals surface area (Å²) in [5.41, 5.74) is 6.24. The van der Waals surface area contributed by atoms with E-state index in [1.54, 1.807) is 11.3 Å². The van der Waals surface area contributed by atoms with Gasteiger partial charge in [0.15, 0.2) is 0 Å². The molecule has 1 saturated heterocycles. The molecule has 1 fully saturated rings. The molecule has 5 heteroatoms. The van der Waals surface area contributed by atoms with Crippen LogP contribution in [0.2, 0.25) is 4.34 Å². The summed E-state index contributed by atoms with van der Waals surface area (Å²) in [7, 11) is 0. The van der Waals surface area contributed by atoms with Crippen molar-refractivity contribution in [3.63, 3.8) is 0 Å². The minimum atomic E-state index is 0.125. The molecule has 1 aliphatic heterocycles. The van der Waals surface area contributed by atoms with Gasteiger partial charge in [0.05, 0.1) is 10.4 Å². The minimum Gasteiger partial charge on any atom is -0.326 e. The number of thiophene rings is 1. The van der Waals surface area contributed by atoms with Crippen molar-refractivity contribution in [3.05, 3.63) is 21.3 Å². The number of hydrogen-bond acceptors (Lipinski definition) is 4. The molecular weight excluding hydrogens is 290 g/mol. The van der Waals surface area contributed by atoms with Crippen LogP contribution in [0.25, 0.3) is 0 Å². The fourth-order valence-electron chi connectivity index (χ4n) is 2.97. The van der Waals surface area contributed by atoms with Crippen molar-refractivity contribution in [2.75, 3.05) is 26.2 Å². The molecule has 1 aromatic heterocycles. The van der Waals surface area contributed by atoms with Gasteiger partial charge in [-0.15, -0.1) is 11.3 Å². The Labute approximate surface area is 131 Å². The number of rotatable bonds is 5. The molecule has 3 unspecified atom stereocenters. The molecule has 1 aromatic rings. The van der Waals surface area contributed by atoms with Crippen molar-refractivity contribution in [1.29, 1.82) is 0 Å². The highest BCUT2D eigenvalue weighted by atomic mass is 35.5. The van der Waals surface area contributed by atoms with Crippen LogP contribution in [0, 0.1) is 0 Å². The van der Waals surface area contributed by atoms with Gasteiger partial charge in [-0.2, -0.15) is 0 Å². The molecule has 3 atom stereocenters. The number of nitrogens with zero attached hydrogens (tertiary/aromatic N) is 2. The van der Waals surface area contributed by atoms with E-state index in [-0.39, 0.29) is 6.04 Å². The summed E-state index contributed by atoms with van der Waals surface area (Å²) in [6.07, 6.45) is 1.22. The van der Waals surface area contributed by atoms with E-state index in [1.807, 2.05) is 6.07 Å². The molecule has 2 rings (SSSR count). The van der Waals surface area contributed by atoms with Gasteiger partial charge in [0, 0.05) is 43.1 Å². The lowest BCUT2D eigenvalue weighted by molar-refractivity contribution is 0.0664. The quantitative estimate of drug-likeness (QED) is 0.905. The van der Waals surface area contributed by atoms with Crippen LogP contribution in [0.4, 0.5) is 0 Å². The standard InChI is InChI=1S/C15H26ClN3S/c1-4-11(2)18-7-9-19(10-8-18)15(12(3)17)13-5-6-14(16)20-13/h5-6,11-12,15H,4,7-10,17H2,1-3H3. The SMILES string of the molecule is CCC(C)N1CCN(C(c2ccc(Cl)s2)C(C)N)CC1. The van der Waals surface area contributed by atoms with E-state index in [9.17, 15) is 0 Å². The van der Waals surface area contributed by atoms with Crippen LogP contribution >= 0.6 is 22.9 Å². The fourth-order valence-corrected chi connectivity index (χ4v) is 4.29. The van der Waals surface area contributed by atoms with Crippen molar-refractivity contribution < 1.29 is 0 Å². The van der Waals surface area contributed by atoms with E-state index in [2.05, 4.69) is 36.6 Å². The van der Waals surface area contributed by atoms with Crippen molar-refractivity contribution in [2.45, 2.75) is 45.3 Å². The third-order valence-electron chi connectivity index (χ3n) is 4.34. The average Bonchev–Trinajstić information content (AvgIpc) is 2.85. The molecule has 2 heterocycles. The molecule has 0 radical (unpaired) electrons. The lowest BCUT2D eigenvalue weighted by Crippen LogP contribution is -2.52. The molecule has 0 aliphatic carbocycles. The summed E-state index contributed by atoms with van der Waals surface area (Å²) in [6.45, 7) is 11.1. The Balaban J connectivity index is 2.02. The Hall–Kier alpha value is -0.130. The van der Waals surface area contributed by atoms with Gasteiger partial charge in [0.2, 0.25) is 0 Å². The first-order valence-electron chi connectivity index (χ1n) is 7.51. The molecule has 0 saturated carbocycles. The second-order valence-corrected chi connectivity index (χ2v) is 7.52. The lowest BCUT2D eigenvalue weighted by atomic mass is 10.1. The van der Waals surface area contributed by atoms with Crippen LogP contribution in [-0.4, -0.2) is 48.1 Å². The van der Waals surface area contributed by atoms with Crippen LogP contribution in [0.15, 0.2) is 12.1 Å². The monoisotopic (exact) mass is 315 g/mol. The molecule has 3 nitrogen and oxygen atoms in total. The summed E-state index contributed by atoms with van der Waals surface area (Å²) < 4.78 is 0.851. The summed E-state index contributed by atoms with van der Waals surface area (Å²) in [5.74, 6) is 0. The maximum absolute atomic E-state index is 6.24. The van der Waals surface area contributed by atoms with Crippen molar-refractivity contribution >= 4 is 22.9 Å².